The molecule has 0 aromatic heterocycles. The fourth-order valence-electron chi connectivity index (χ4n) is 6.44. The molecule has 54 heavy (non-hydrogen) atoms. The number of carbonyl (C=O) groups excluding carboxylic acids is 4. The van der Waals surface area contributed by atoms with Crippen LogP contribution in [-0.4, -0.2) is 156 Å². The van der Waals surface area contributed by atoms with E-state index < -0.39 is 92.1 Å². The molecule has 4 saturated heterocycles. The topological polar surface area (TPSA) is 360 Å². The molecule has 0 spiro atoms. The summed E-state index contributed by atoms with van der Waals surface area (Å²) in [5.74, 6) is -3.88. The van der Waals surface area contributed by atoms with Gasteiger partial charge in [-0.15, -0.1) is 23.5 Å². The molecule has 16 N–H and O–H groups in total. The van der Waals surface area contributed by atoms with E-state index in [0.717, 1.165) is 0 Å². The van der Waals surface area contributed by atoms with Gasteiger partial charge in [-0.05, 0) is 63.1 Å². The quantitative estimate of drug-likeness (QED) is 0.0969. The Hall–Kier alpha value is -3.64. The Balaban J connectivity index is 0.000000503. The molecular weight excluding hydrogens is 764 g/mol. The van der Waals surface area contributed by atoms with E-state index in [4.69, 9.17) is 11.5 Å². The van der Waals surface area contributed by atoms with Gasteiger partial charge >= 0.3 is 41.5 Å². The summed E-state index contributed by atoms with van der Waals surface area (Å²) in [4.78, 5) is 74.9. The summed E-state index contributed by atoms with van der Waals surface area (Å²) in [6.07, 6.45) is 0. The number of aliphatic carboxylic acids is 2. The molecule has 4 heterocycles. The Labute approximate surface area is 339 Å². The number of carboxylic acid groups (broad SMARTS) is 2. The fraction of sp³-hybridized carbons (Fsp3) is 0.438. The molecule has 19 nitrogen and oxygen atoms in total. The molecule has 4 aliphatic heterocycles. The number of nitrogens with two attached hydrogens (primary N) is 2. The van der Waals surface area contributed by atoms with Crippen molar-refractivity contribution >= 4 is 88.6 Å². The molecular formula is C32H45N6NaO13S2. The van der Waals surface area contributed by atoms with Gasteiger partial charge in [0.15, 0.2) is 0 Å². The minimum atomic E-state index is -1.06. The Bertz CT molecular complexity index is 1610. The maximum absolute atomic E-state index is 12.3. The SMILES string of the molecule is CC1(C)S[C@@H]2[C@H](NC(=O)[C@H](N)c3ccc(O)cc3)C(=O)N2[C@H]1C(=O)O.CC1(C)S[C@@H]2[C@H](NC(=O)[C@H](N)c3ccc(O)cc3)C(=O)N2[C@H]1C(=O)O.O.O.O.[NaH]. The van der Waals surface area contributed by atoms with Crippen LogP contribution in [0, 0.1) is 0 Å². The number of amides is 4. The summed E-state index contributed by atoms with van der Waals surface area (Å²) in [6.45, 7) is 7.07. The average Bonchev–Trinajstić information content (AvgIpc) is 3.47. The first kappa shape index (κ1) is 48.4. The second-order valence-corrected chi connectivity index (χ2v) is 16.8. The van der Waals surface area contributed by atoms with Crippen LogP contribution in [-0.2, 0) is 28.8 Å². The Morgan fingerprint density at radius 1 is 0.648 bits per heavy atom. The van der Waals surface area contributed by atoms with Crippen LogP contribution in [0.3, 0.4) is 0 Å². The molecule has 4 aliphatic rings. The van der Waals surface area contributed by atoms with Crippen molar-refractivity contribution in [2.45, 2.75) is 84.2 Å². The number of phenols is 2. The first-order chi connectivity index (χ1) is 23.3. The Morgan fingerprint density at radius 3 is 1.19 bits per heavy atom. The van der Waals surface area contributed by atoms with Gasteiger partial charge in [0.1, 0.15) is 58.5 Å². The van der Waals surface area contributed by atoms with E-state index in [9.17, 15) is 49.2 Å². The van der Waals surface area contributed by atoms with Crippen LogP contribution >= 0.6 is 23.5 Å². The summed E-state index contributed by atoms with van der Waals surface area (Å²) in [5.41, 5.74) is 12.8. The molecule has 4 fully saturated rings. The summed E-state index contributed by atoms with van der Waals surface area (Å²) >= 11 is 2.71. The third-order valence-electron chi connectivity index (χ3n) is 9.01. The van der Waals surface area contributed by atoms with Crippen molar-refractivity contribution in [1.82, 2.24) is 20.4 Å². The zero-order chi connectivity index (χ0) is 37.0. The van der Waals surface area contributed by atoms with Crippen molar-refractivity contribution in [3.8, 4) is 11.5 Å². The zero-order valence-electron chi connectivity index (χ0n) is 28.8. The molecule has 0 saturated carbocycles. The number of carboxylic acids is 2. The fourth-order valence-corrected chi connectivity index (χ4v) is 9.69. The van der Waals surface area contributed by atoms with Gasteiger partial charge < -0.3 is 68.8 Å². The molecule has 0 bridgehead atoms. The van der Waals surface area contributed by atoms with Crippen molar-refractivity contribution in [3.63, 3.8) is 0 Å². The number of rotatable bonds is 8. The van der Waals surface area contributed by atoms with Crippen LogP contribution in [0.15, 0.2) is 48.5 Å². The van der Waals surface area contributed by atoms with E-state index in [1.807, 2.05) is 0 Å². The zero-order valence-corrected chi connectivity index (χ0v) is 30.5. The van der Waals surface area contributed by atoms with Gasteiger partial charge in [0.25, 0.3) is 0 Å². The number of hydrogen-bond acceptors (Lipinski definition) is 12. The van der Waals surface area contributed by atoms with Gasteiger partial charge in [0, 0.05) is 9.49 Å². The number of nitrogens with zero attached hydrogens (tertiary/aromatic N) is 2. The average molecular weight is 809 g/mol. The van der Waals surface area contributed by atoms with Crippen molar-refractivity contribution in [2.75, 3.05) is 0 Å². The van der Waals surface area contributed by atoms with Crippen molar-refractivity contribution in [1.29, 1.82) is 0 Å². The Morgan fingerprint density at radius 2 is 0.926 bits per heavy atom. The number of fused-ring (bicyclic) bond motifs is 2. The number of thioether (sulfide) groups is 2. The molecule has 8 atom stereocenters. The van der Waals surface area contributed by atoms with Crippen LogP contribution in [0.5, 0.6) is 11.5 Å². The van der Waals surface area contributed by atoms with Gasteiger partial charge in [0.05, 0.1) is 0 Å². The number of carbonyl (C=O) groups is 6. The number of aromatic hydroxyl groups is 2. The predicted molar refractivity (Wildman–Crippen MR) is 199 cm³/mol. The van der Waals surface area contributed by atoms with Gasteiger partial charge in [-0.1, -0.05) is 24.3 Å². The number of phenolic OH excluding ortho intramolecular Hbond substituents is 2. The van der Waals surface area contributed by atoms with Crippen molar-refractivity contribution in [2.24, 2.45) is 11.5 Å². The second kappa shape index (κ2) is 17.9. The number of benzene rings is 2. The molecule has 0 aliphatic carbocycles. The summed E-state index contributed by atoms with van der Waals surface area (Å²) in [5, 5.41) is 41.7. The Kier molecular flexibility index (Phi) is 16.0. The first-order valence-corrected chi connectivity index (χ1v) is 17.2. The molecule has 2 aromatic rings. The van der Waals surface area contributed by atoms with Crippen molar-refractivity contribution < 1.29 is 65.6 Å². The second-order valence-electron chi connectivity index (χ2n) is 13.3. The van der Waals surface area contributed by atoms with E-state index >= 15 is 0 Å². The van der Waals surface area contributed by atoms with E-state index in [-0.39, 0.29) is 57.5 Å². The predicted octanol–water partition coefficient (Wildman–Crippen LogP) is -3.08. The van der Waals surface area contributed by atoms with E-state index in [1.165, 1.54) is 81.9 Å². The summed E-state index contributed by atoms with van der Waals surface area (Å²) in [7, 11) is 0. The molecule has 22 heteroatoms. The summed E-state index contributed by atoms with van der Waals surface area (Å²) in [6, 6.07) is 6.41. The van der Waals surface area contributed by atoms with Crippen LogP contribution < -0.4 is 22.1 Å². The monoisotopic (exact) mass is 808 g/mol. The van der Waals surface area contributed by atoms with E-state index in [0.29, 0.717) is 11.1 Å². The van der Waals surface area contributed by atoms with Crippen LogP contribution in [0.4, 0.5) is 0 Å². The maximum atomic E-state index is 12.3. The molecule has 6 rings (SSSR count). The van der Waals surface area contributed by atoms with Gasteiger partial charge in [-0.2, -0.15) is 0 Å². The number of hydrogen-bond donors (Lipinski definition) is 8. The molecule has 4 amide bonds. The molecule has 294 valence electrons. The summed E-state index contributed by atoms with van der Waals surface area (Å²) < 4.78 is -1.30. The van der Waals surface area contributed by atoms with Crippen LogP contribution in [0.2, 0.25) is 0 Å². The molecule has 0 unspecified atom stereocenters. The van der Waals surface area contributed by atoms with Gasteiger partial charge in [-0.25, -0.2) is 9.59 Å². The van der Waals surface area contributed by atoms with Crippen LogP contribution in [0.25, 0.3) is 0 Å². The van der Waals surface area contributed by atoms with E-state index in [1.54, 1.807) is 27.7 Å². The number of nitrogens with one attached hydrogen (secondary N) is 2. The number of β-lactam (4-membered cyclic amide) rings is 2. The normalized spacial score (nSPS) is 26.0. The standard InChI is InChI=1S/2C16H19N3O5S.Na.3H2O.H/c2*1-16(2)11(15(23)24)19-13(22)10(14(19)25-16)18-12(21)9(17)7-3-5-8(20)6-4-7;;;;;/h2*3-6,9-11,14,20H,17H2,1-2H3,(H,18,21)(H,23,24);;3*1H2;/t2*9-,10-,11+,14-;;;;;/m11...../s1. The van der Waals surface area contributed by atoms with Crippen molar-refractivity contribution in [3.05, 3.63) is 59.7 Å². The van der Waals surface area contributed by atoms with E-state index in [2.05, 4.69) is 10.6 Å². The third kappa shape index (κ3) is 8.91. The van der Waals surface area contributed by atoms with Crippen LogP contribution in [0.1, 0.15) is 50.9 Å². The minimum absolute atomic E-state index is 0. The molecule has 2 aromatic carbocycles. The molecule has 0 radical (unpaired) electrons. The van der Waals surface area contributed by atoms with Gasteiger partial charge in [0.2, 0.25) is 23.6 Å². The van der Waals surface area contributed by atoms with Gasteiger partial charge in [-0.3, -0.25) is 19.2 Å². The third-order valence-corrected chi connectivity index (χ3v) is 12.2. The first-order valence-electron chi connectivity index (χ1n) is 15.4.